The summed E-state index contributed by atoms with van der Waals surface area (Å²) >= 11 is 26.9. The van der Waals surface area contributed by atoms with Crippen LogP contribution in [-0.2, 0) is 156 Å². The predicted molar refractivity (Wildman–Crippen MR) is 440 cm³/mol. The maximum Gasteiger partial charge on any atom is 0.653 e. The zero-order valence-corrected chi connectivity index (χ0v) is 94.4. The summed E-state index contributed by atoms with van der Waals surface area (Å²) in [4.78, 5) is 116. The van der Waals surface area contributed by atoms with Crippen LogP contribution in [0.25, 0.3) is 0 Å². The smallest absolute Gasteiger partial charge is 0.494 e. The molecule has 0 saturated carbocycles. The Labute approximate surface area is 714 Å². The minimum atomic E-state index is -6.62. The Hall–Kier alpha value is 2.27. The van der Waals surface area contributed by atoms with Gasteiger partial charge < -0.3 is 118 Å². The molecule has 0 aromatic carbocycles. The summed E-state index contributed by atoms with van der Waals surface area (Å²) < 4.78 is 186. The van der Waals surface area contributed by atoms with Crippen LogP contribution in [0.5, 0.6) is 0 Å². The predicted octanol–water partition coefficient (Wildman–Crippen LogP) is 11.2. The van der Waals surface area contributed by atoms with Crippen molar-refractivity contribution in [3.05, 3.63) is 0 Å². The molecular weight excluding hydrogens is 2240 g/mol. The van der Waals surface area contributed by atoms with Crippen LogP contribution in [0.3, 0.4) is 0 Å². The van der Waals surface area contributed by atoms with Crippen LogP contribution in [0.15, 0.2) is 0 Å². The van der Waals surface area contributed by atoms with Crippen molar-refractivity contribution < 1.29 is 156 Å². The lowest BCUT2D eigenvalue weighted by Crippen LogP contribution is -2.93. The largest absolute Gasteiger partial charge is 0.653 e. The molecule has 0 unspecified atom stereocenters. The number of hydrogen-bond acceptors (Lipinski definition) is 36. The second-order valence-electron chi connectivity index (χ2n) is 32.1. The zero-order valence-electron chi connectivity index (χ0n) is 65.7. The highest BCUT2D eigenvalue weighted by atomic mass is 79.9. The molecule has 0 aliphatic carbocycles. The molecule has 6 aliphatic heterocycles. The number of alkyl halides is 8. The van der Waals surface area contributed by atoms with Crippen molar-refractivity contribution in [3.63, 3.8) is 0 Å². The van der Waals surface area contributed by atoms with Gasteiger partial charge in [-0.2, -0.15) is 0 Å². The number of rotatable bonds is 32. The van der Waals surface area contributed by atoms with E-state index in [1.165, 1.54) is 216 Å². The van der Waals surface area contributed by atoms with E-state index in [0.717, 1.165) is 0 Å². The van der Waals surface area contributed by atoms with Gasteiger partial charge in [0.05, 0.1) is 0 Å². The van der Waals surface area contributed by atoms with E-state index in [-0.39, 0.29) is 0 Å². The highest BCUT2D eigenvalue weighted by molar-refractivity contribution is 9.11. The molecule has 624 valence electrons. The van der Waals surface area contributed by atoms with Crippen molar-refractivity contribution in [2.24, 2.45) is 0 Å². The average Bonchev–Trinajstić information content (AvgIpc) is 0.676. The minimum Gasteiger partial charge on any atom is -0.494 e. The van der Waals surface area contributed by atoms with Crippen molar-refractivity contribution in [1.29, 1.82) is 0 Å². The van der Waals surface area contributed by atoms with Gasteiger partial charge in [-0.15, -0.1) is 0 Å². The fourth-order valence-electron chi connectivity index (χ4n) is 8.17. The Balaban J connectivity index is 2.37. The molecule has 108 heavy (non-hydrogen) atoms. The monoisotopic (exact) mass is 2330 g/mol. The van der Waals surface area contributed by atoms with Crippen molar-refractivity contribution in [3.8, 4) is 0 Å². The van der Waals surface area contributed by atoms with Gasteiger partial charge in [0.2, 0.25) is 0 Å². The van der Waals surface area contributed by atoms with Crippen molar-refractivity contribution in [1.82, 2.24) is 0 Å². The van der Waals surface area contributed by atoms with Gasteiger partial charge in [0.15, 0.2) is 0 Å². The van der Waals surface area contributed by atoms with Gasteiger partial charge in [0.1, 0.15) is 34.6 Å². The highest BCUT2D eigenvalue weighted by Crippen LogP contribution is 2.54. The molecule has 36 nitrogen and oxygen atoms in total. The summed E-state index contributed by atoms with van der Waals surface area (Å²) in [5.41, 5.74) is 0. The molecule has 6 rings (SSSR count). The third-order valence-electron chi connectivity index (χ3n) is 12.6. The first-order valence-corrected chi connectivity index (χ1v) is 74.5. The summed E-state index contributed by atoms with van der Waals surface area (Å²) in [6.07, 6.45) is 0. The van der Waals surface area contributed by atoms with Gasteiger partial charge in [-0.1, -0.05) is 127 Å². The molecular formula is C48H96Br8O36Si16. The zero-order chi connectivity index (χ0) is 84.4. The van der Waals surface area contributed by atoms with Crippen LogP contribution in [0.4, 0.5) is 0 Å². The Morgan fingerprint density at radius 2 is 0.250 bits per heavy atom. The Morgan fingerprint density at radius 1 is 0.185 bits per heavy atom. The van der Waals surface area contributed by atoms with Crippen LogP contribution in [-0.4, -0.2) is 223 Å². The molecule has 0 aromatic heterocycles. The quantitative estimate of drug-likeness (QED) is 0.0446. The fraction of sp³-hybridized carbons (Fsp3) is 0.833. The lowest BCUT2D eigenvalue weighted by Gasteiger charge is -2.60. The molecule has 6 saturated heterocycles. The molecule has 6 aliphatic rings. The molecule has 0 aromatic rings. The maximum atomic E-state index is 14.5. The van der Waals surface area contributed by atoms with Gasteiger partial charge in [-0.05, 0) is 216 Å². The van der Waals surface area contributed by atoms with E-state index in [2.05, 4.69) is 127 Å². The summed E-state index contributed by atoms with van der Waals surface area (Å²) in [7, 11) is -90.8. The van der Waals surface area contributed by atoms with Crippen LogP contribution in [0.1, 0.15) is 111 Å². The van der Waals surface area contributed by atoms with E-state index in [9.17, 15) is 38.4 Å². The van der Waals surface area contributed by atoms with Crippen molar-refractivity contribution >= 4 is 316 Å². The van der Waals surface area contributed by atoms with Gasteiger partial charge in [0.25, 0.3) is 0 Å². The lowest BCUT2D eigenvalue weighted by molar-refractivity contribution is -0.139. The van der Waals surface area contributed by atoms with Crippen LogP contribution in [0, 0.1) is 0 Å². The van der Waals surface area contributed by atoms with Gasteiger partial charge >= 0.3 is 189 Å². The molecule has 0 N–H and O–H groups in total. The maximum absolute atomic E-state index is 14.5. The molecule has 6 heterocycles. The molecule has 60 heteroatoms. The topological polar surface area (TPSA) is 395 Å². The Kier molecular flexibility index (Phi) is 30.4. The SMILES string of the molecule is CC(C)(Br)C(=O)O[Si](C)(C)O[Si]12O[Si]3(O[Si](C)(C)OC(=O)C(C)(C)Br)O[Si]4(O[Si](C)(C)OC(=O)C(C)(C)Br)O[Si](O[Si](C)(C)OC(=O)C(C)(C)Br)(O1)O[Si]1(O[Si](C)(C)OC(=O)C(C)(C)Br)O[Si](O[Si](C)(C)OC(=O)C(C)(C)Br)(O2)O[Si](O[Si](C)(C)OC(=O)C(C)(C)Br)(O3)O[Si](O[Si](C)(C)OC(=O)C(C)(C)Br)(O4)O1. The summed E-state index contributed by atoms with van der Waals surface area (Å²) in [5, 5.41) is 0. The van der Waals surface area contributed by atoms with Gasteiger partial charge in [0, 0.05) is 0 Å². The summed E-state index contributed by atoms with van der Waals surface area (Å²) in [5.74, 6) is -7.89. The average molecular weight is 2340 g/mol. The number of carbonyl (C=O) groups excluding carboxylic acids is 8. The standard InChI is InChI=1S/C48H96Br8O36Si16/c1-41(2,49)33(57)65-93(17,18)73-101-81-102(74-94(19,20)66-34(58)42(3,4)50)84-105(77-97(25,26)69-37(61)45(9,10)53)86-103(82-101,75-95(21,22)67-35(59)43(5,6)51)88-107(79-99(29,30)71-39(63)47(13,14)55)89-104(83-101,76-96(23,24)68-36(60)44(7,8)52)87-106(85-102,78-98(27,28)70-38(62)46(11,12)54)91-108(90-105,92-107)80-100(31,32)72-40(64)48(15,16)56/h1-32H3. The van der Waals surface area contributed by atoms with E-state index in [1.54, 1.807) is 0 Å². The van der Waals surface area contributed by atoms with Crippen LogP contribution in [0.2, 0.25) is 105 Å². The molecule has 8 bridgehead atoms. The first-order valence-electron chi connectivity index (χ1n) is 32.6. The van der Waals surface area contributed by atoms with E-state index in [0.29, 0.717) is 0 Å². The summed E-state index contributed by atoms with van der Waals surface area (Å²) in [6.45, 7) is 44.1. The molecule has 6 fully saturated rings. The Morgan fingerprint density at radius 3 is 0.306 bits per heavy atom. The molecule has 0 amide bonds. The molecule has 0 spiro atoms. The third kappa shape index (κ3) is 28.2. The van der Waals surface area contributed by atoms with Gasteiger partial charge in [-0.3, -0.25) is 38.4 Å². The second kappa shape index (κ2) is 32.6. The van der Waals surface area contributed by atoms with Crippen LogP contribution < -0.4 is 0 Å². The van der Waals surface area contributed by atoms with Crippen LogP contribution >= 0.6 is 127 Å². The fourth-order valence-corrected chi connectivity index (χ4v) is 76.9. The van der Waals surface area contributed by atoms with Crippen molar-refractivity contribution in [2.45, 2.75) is 250 Å². The first-order chi connectivity index (χ1) is 47.2. The first kappa shape index (κ1) is 101. The normalized spacial score (nSPS) is 28.1. The highest BCUT2D eigenvalue weighted by Gasteiger charge is 2.94. The molecule has 0 atom stereocenters. The van der Waals surface area contributed by atoms with Crippen molar-refractivity contribution in [2.75, 3.05) is 0 Å². The van der Waals surface area contributed by atoms with E-state index < -0.39 is 223 Å². The number of halogens is 8. The second-order valence-corrected chi connectivity index (χ2v) is 96.4. The van der Waals surface area contributed by atoms with E-state index >= 15 is 0 Å². The number of carbonyl (C=O) groups is 8. The van der Waals surface area contributed by atoms with E-state index in [4.69, 9.17) is 118 Å². The Bertz CT molecular complexity index is 2730. The van der Waals surface area contributed by atoms with E-state index in [1.807, 2.05) is 0 Å². The lowest BCUT2D eigenvalue weighted by atomic mass is 10.2. The minimum absolute atomic E-state index is 0.986. The summed E-state index contributed by atoms with van der Waals surface area (Å²) in [6, 6.07) is 0. The third-order valence-corrected chi connectivity index (χ3v) is 68.3. The molecule has 0 radical (unpaired) electrons. The number of hydrogen-bond donors (Lipinski definition) is 0. The van der Waals surface area contributed by atoms with Gasteiger partial charge in [-0.25, -0.2) is 0 Å².